The van der Waals surface area contributed by atoms with Crippen molar-refractivity contribution in [1.82, 2.24) is 0 Å². The van der Waals surface area contributed by atoms with Crippen molar-refractivity contribution < 1.29 is 0 Å². The van der Waals surface area contributed by atoms with Gasteiger partial charge in [-0.3, -0.25) is 0 Å². The van der Waals surface area contributed by atoms with Gasteiger partial charge in [-0.15, -0.1) is 0 Å². The van der Waals surface area contributed by atoms with E-state index in [1.807, 2.05) is 0 Å². The summed E-state index contributed by atoms with van der Waals surface area (Å²) in [4.78, 5) is 0. The molecule has 0 saturated heterocycles. The van der Waals surface area contributed by atoms with Gasteiger partial charge in [0.1, 0.15) is 0 Å². The molecule has 0 aromatic carbocycles. The highest BCUT2D eigenvalue weighted by Gasteiger charge is 1.96. The van der Waals surface area contributed by atoms with Crippen LogP contribution in [0.1, 0.15) is 48.5 Å². The molecule has 0 radical (unpaired) electrons. The minimum Gasteiger partial charge on any atom is -0.0635 e. The Hall–Kier alpha value is 0.217. The molecule has 0 atom stereocenters. The second-order valence-electron chi connectivity index (χ2n) is 6.00. The fraction of sp³-hybridized carbons (Fsp3) is 1.00. The Morgan fingerprint density at radius 3 is 0.700 bits per heavy atom. The summed E-state index contributed by atoms with van der Waals surface area (Å²) in [6, 6.07) is 0. The molecular formula is C9H24Si. The van der Waals surface area contributed by atoms with E-state index in [4.69, 9.17) is 0 Å². The Morgan fingerprint density at radius 1 is 0.700 bits per heavy atom. The van der Waals surface area contributed by atoms with Gasteiger partial charge < -0.3 is 0 Å². The van der Waals surface area contributed by atoms with E-state index in [0.29, 0.717) is 10.5 Å². The van der Waals surface area contributed by atoms with Gasteiger partial charge in [-0.1, -0.05) is 53.5 Å². The van der Waals surface area contributed by atoms with Gasteiger partial charge in [-0.2, -0.15) is 0 Å². The lowest BCUT2D eigenvalue weighted by molar-refractivity contribution is 0.469. The molecule has 64 valence electrons. The standard InChI is InChI=1S/C5H12.C4H12Si/c1-5(2,3)4;1-4(2,3)5/h1-4H3;1-3,5H3. The van der Waals surface area contributed by atoms with E-state index < -0.39 is 0 Å². The fourth-order valence-electron chi connectivity index (χ4n) is 0. The third kappa shape index (κ3) is 9100. The van der Waals surface area contributed by atoms with Crippen LogP contribution in [0.15, 0.2) is 0 Å². The maximum absolute atomic E-state index is 2.25. The highest BCUT2D eigenvalue weighted by atomic mass is 28.1. The Balaban J connectivity index is 0. The molecule has 0 aromatic rings. The van der Waals surface area contributed by atoms with Gasteiger partial charge in [-0.05, 0) is 5.41 Å². The zero-order chi connectivity index (χ0) is 9.00. The molecule has 0 amide bonds. The highest BCUT2D eigenvalue weighted by molar-refractivity contribution is 6.14. The summed E-state index contributed by atoms with van der Waals surface area (Å²) in [6.07, 6.45) is 0. The second-order valence-corrected chi connectivity index (χ2v) is 9.00. The summed E-state index contributed by atoms with van der Waals surface area (Å²) >= 11 is 0. The van der Waals surface area contributed by atoms with Gasteiger partial charge in [0.15, 0.2) is 0 Å². The number of hydrogen-bond donors (Lipinski definition) is 0. The maximum atomic E-state index is 2.25. The van der Waals surface area contributed by atoms with Crippen LogP contribution in [0.5, 0.6) is 0 Å². The molecule has 0 saturated carbocycles. The largest absolute Gasteiger partial charge is 0.0635 e. The van der Waals surface area contributed by atoms with Crippen LogP contribution in [0.2, 0.25) is 5.04 Å². The van der Waals surface area contributed by atoms with Crippen molar-refractivity contribution in [2.75, 3.05) is 0 Å². The minimum absolute atomic E-state index is 0.500. The second kappa shape index (κ2) is 4.17. The first kappa shape index (κ1) is 12.9. The predicted octanol–water partition coefficient (Wildman–Crippen LogP) is 2.62. The molecule has 0 spiro atoms. The molecule has 0 nitrogen and oxygen atoms in total. The quantitative estimate of drug-likeness (QED) is 0.478. The molecule has 0 rings (SSSR count). The van der Waals surface area contributed by atoms with Gasteiger partial charge in [0.2, 0.25) is 0 Å². The smallest absolute Gasteiger partial charge is 0.00959 e. The lowest BCUT2D eigenvalue weighted by Crippen LogP contribution is -1.93. The van der Waals surface area contributed by atoms with Crippen LogP contribution in [-0.4, -0.2) is 10.2 Å². The van der Waals surface area contributed by atoms with Crippen LogP contribution in [0.3, 0.4) is 0 Å². The molecule has 0 N–H and O–H groups in total. The van der Waals surface area contributed by atoms with E-state index in [0.717, 1.165) is 0 Å². The Kier molecular flexibility index (Phi) is 5.36. The zero-order valence-corrected chi connectivity index (χ0v) is 11.0. The highest BCUT2D eigenvalue weighted by Crippen LogP contribution is 2.13. The molecule has 1 heteroatoms. The molecule has 0 unspecified atom stereocenters. The van der Waals surface area contributed by atoms with Crippen molar-refractivity contribution in [1.29, 1.82) is 0 Å². The van der Waals surface area contributed by atoms with Gasteiger partial charge >= 0.3 is 0 Å². The third-order valence-corrected chi connectivity index (χ3v) is 0. The van der Waals surface area contributed by atoms with Crippen molar-refractivity contribution >= 4 is 10.2 Å². The molecule has 0 aliphatic rings. The number of hydrogen-bond acceptors (Lipinski definition) is 0. The molecule has 0 aliphatic heterocycles. The van der Waals surface area contributed by atoms with Gasteiger partial charge in [-0.25, -0.2) is 0 Å². The lowest BCUT2D eigenvalue weighted by Gasteiger charge is -2.05. The van der Waals surface area contributed by atoms with E-state index >= 15 is 0 Å². The normalized spacial score (nSPS) is 12.3. The molecule has 0 aliphatic carbocycles. The summed E-state index contributed by atoms with van der Waals surface area (Å²) in [6.45, 7) is 15.5. The predicted molar refractivity (Wildman–Crippen MR) is 54.8 cm³/mol. The lowest BCUT2D eigenvalue weighted by atomic mass is 10.0. The van der Waals surface area contributed by atoms with E-state index in [2.05, 4.69) is 48.5 Å². The van der Waals surface area contributed by atoms with Crippen LogP contribution in [0.25, 0.3) is 0 Å². The van der Waals surface area contributed by atoms with Crippen LogP contribution in [-0.2, 0) is 0 Å². The zero-order valence-electron chi connectivity index (χ0n) is 9.00. The number of rotatable bonds is 0. The Labute approximate surface area is 69.8 Å². The minimum atomic E-state index is 0.500. The average Bonchev–Trinajstić information content (AvgIpc) is 1.12. The van der Waals surface area contributed by atoms with E-state index in [-0.39, 0.29) is 0 Å². The molecule has 10 heavy (non-hydrogen) atoms. The summed E-state index contributed by atoms with van der Waals surface area (Å²) in [7, 11) is 1.31. The van der Waals surface area contributed by atoms with Crippen LogP contribution < -0.4 is 0 Å². The SMILES string of the molecule is CC(C)(C)C.CC(C)(C)[SiH3]. The summed E-state index contributed by atoms with van der Waals surface area (Å²) in [5, 5.41) is 0.639. The summed E-state index contributed by atoms with van der Waals surface area (Å²) in [5.74, 6) is 0. The van der Waals surface area contributed by atoms with Crippen LogP contribution >= 0.6 is 0 Å². The first-order valence-corrected chi connectivity index (χ1v) is 5.00. The average molecular weight is 160 g/mol. The monoisotopic (exact) mass is 160 g/mol. The van der Waals surface area contributed by atoms with Crippen molar-refractivity contribution in [2.24, 2.45) is 5.41 Å². The molecule has 0 bridgehead atoms. The van der Waals surface area contributed by atoms with Crippen molar-refractivity contribution in [2.45, 2.75) is 53.5 Å². The summed E-state index contributed by atoms with van der Waals surface area (Å²) < 4.78 is 0. The van der Waals surface area contributed by atoms with E-state index in [1.54, 1.807) is 0 Å². The fourth-order valence-corrected chi connectivity index (χ4v) is 0. The van der Waals surface area contributed by atoms with Crippen molar-refractivity contribution in [3.05, 3.63) is 0 Å². The molecule has 0 fully saturated rings. The van der Waals surface area contributed by atoms with Crippen molar-refractivity contribution in [3.63, 3.8) is 0 Å². The first-order valence-electron chi connectivity index (χ1n) is 4.00. The van der Waals surface area contributed by atoms with Gasteiger partial charge in [0.25, 0.3) is 0 Å². The van der Waals surface area contributed by atoms with E-state index in [9.17, 15) is 0 Å². The van der Waals surface area contributed by atoms with Crippen molar-refractivity contribution in [3.8, 4) is 0 Å². The van der Waals surface area contributed by atoms with Crippen LogP contribution in [0, 0.1) is 5.41 Å². The third-order valence-electron chi connectivity index (χ3n) is 0. The van der Waals surface area contributed by atoms with Crippen LogP contribution in [0.4, 0.5) is 0 Å². The van der Waals surface area contributed by atoms with Gasteiger partial charge in [0, 0.05) is 10.2 Å². The Morgan fingerprint density at radius 2 is 0.700 bits per heavy atom. The topological polar surface area (TPSA) is 0 Å². The summed E-state index contributed by atoms with van der Waals surface area (Å²) in [5.41, 5.74) is 0.500. The molecule has 0 aromatic heterocycles. The molecular weight excluding hydrogens is 136 g/mol. The maximum Gasteiger partial charge on any atom is 0.00959 e. The molecule has 0 heterocycles. The Bertz CT molecular complexity index is 47.7. The van der Waals surface area contributed by atoms with Gasteiger partial charge in [0.05, 0.1) is 0 Å². The van der Waals surface area contributed by atoms with E-state index in [1.165, 1.54) is 10.2 Å². The first-order chi connectivity index (χ1) is 4.00.